The molecule has 1 aromatic carbocycles. The standard InChI is InChI=1S/C16H16BrN3O3/c1-2-23-14(21)10-19-15-13(4-3-9-18-15)20-16(22)11-5-7-12(17)8-6-11/h3-9H,2,10H2,1H3,(H,18,19)(H,20,22). The van der Waals surface area contributed by atoms with Gasteiger partial charge in [0.25, 0.3) is 5.91 Å². The van der Waals surface area contributed by atoms with Crippen LogP contribution in [0.2, 0.25) is 0 Å². The lowest BCUT2D eigenvalue weighted by molar-refractivity contribution is -0.140. The summed E-state index contributed by atoms with van der Waals surface area (Å²) in [5.41, 5.74) is 1.01. The molecule has 6 nitrogen and oxygen atoms in total. The molecule has 0 unspecified atom stereocenters. The molecule has 7 heteroatoms. The van der Waals surface area contributed by atoms with Crippen LogP contribution in [0.15, 0.2) is 47.1 Å². The van der Waals surface area contributed by atoms with Gasteiger partial charge in [0.2, 0.25) is 0 Å². The van der Waals surface area contributed by atoms with Crippen LogP contribution in [-0.4, -0.2) is 30.0 Å². The second-order valence-electron chi connectivity index (χ2n) is 4.52. The molecule has 0 spiro atoms. The van der Waals surface area contributed by atoms with Crippen molar-refractivity contribution < 1.29 is 14.3 Å². The van der Waals surface area contributed by atoms with Gasteiger partial charge >= 0.3 is 5.97 Å². The second kappa shape index (κ2) is 8.28. The fourth-order valence-electron chi connectivity index (χ4n) is 1.81. The summed E-state index contributed by atoms with van der Waals surface area (Å²) in [7, 11) is 0. The Hall–Kier alpha value is -2.41. The molecule has 0 fully saturated rings. The number of halogens is 1. The number of aromatic nitrogens is 1. The molecule has 1 aromatic heterocycles. The minimum absolute atomic E-state index is 0.0218. The zero-order valence-corrected chi connectivity index (χ0v) is 14.1. The van der Waals surface area contributed by atoms with Crippen LogP contribution in [0.25, 0.3) is 0 Å². The number of nitrogens with zero attached hydrogens (tertiary/aromatic N) is 1. The number of nitrogens with one attached hydrogen (secondary N) is 2. The first-order valence-electron chi connectivity index (χ1n) is 7.01. The van der Waals surface area contributed by atoms with Gasteiger partial charge in [0.1, 0.15) is 12.4 Å². The highest BCUT2D eigenvalue weighted by atomic mass is 79.9. The SMILES string of the molecule is CCOC(=O)CNc1ncccc1NC(=O)c1ccc(Br)cc1. The molecule has 1 amide bonds. The Morgan fingerprint density at radius 2 is 1.96 bits per heavy atom. The van der Waals surface area contributed by atoms with Gasteiger partial charge in [0.15, 0.2) is 0 Å². The Bertz CT molecular complexity index is 689. The van der Waals surface area contributed by atoms with E-state index in [1.807, 2.05) is 0 Å². The fraction of sp³-hybridized carbons (Fsp3) is 0.188. The van der Waals surface area contributed by atoms with E-state index in [9.17, 15) is 9.59 Å². The van der Waals surface area contributed by atoms with Gasteiger partial charge in [0, 0.05) is 16.2 Å². The van der Waals surface area contributed by atoms with Crippen LogP contribution >= 0.6 is 15.9 Å². The number of benzene rings is 1. The summed E-state index contributed by atoms with van der Waals surface area (Å²) in [6, 6.07) is 10.4. The lowest BCUT2D eigenvalue weighted by atomic mass is 10.2. The minimum Gasteiger partial charge on any atom is -0.465 e. The molecule has 2 N–H and O–H groups in total. The van der Waals surface area contributed by atoms with E-state index >= 15 is 0 Å². The monoisotopic (exact) mass is 377 g/mol. The maximum absolute atomic E-state index is 12.2. The molecule has 120 valence electrons. The van der Waals surface area contributed by atoms with Crippen LogP contribution in [0.3, 0.4) is 0 Å². The van der Waals surface area contributed by atoms with Crippen LogP contribution in [0, 0.1) is 0 Å². The summed E-state index contributed by atoms with van der Waals surface area (Å²) in [5.74, 6) is -0.237. The number of amides is 1. The molecular weight excluding hydrogens is 362 g/mol. The molecule has 0 aliphatic rings. The number of anilines is 2. The van der Waals surface area contributed by atoms with Crippen molar-refractivity contribution >= 4 is 39.3 Å². The van der Waals surface area contributed by atoms with Gasteiger partial charge < -0.3 is 15.4 Å². The number of rotatable bonds is 6. The molecule has 0 radical (unpaired) electrons. The zero-order valence-electron chi connectivity index (χ0n) is 12.5. The van der Waals surface area contributed by atoms with E-state index in [1.54, 1.807) is 49.5 Å². The molecular formula is C16H16BrN3O3. The highest BCUT2D eigenvalue weighted by Crippen LogP contribution is 2.19. The summed E-state index contributed by atoms with van der Waals surface area (Å²) in [5, 5.41) is 5.63. The molecule has 0 aliphatic carbocycles. The Balaban J connectivity index is 2.06. The summed E-state index contributed by atoms with van der Waals surface area (Å²) in [6.07, 6.45) is 1.57. The van der Waals surface area contributed by atoms with Crippen LogP contribution in [0.4, 0.5) is 11.5 Å². The third-order valence-corrected chi connectivity index (χ3v) is 3.40. The van der Waals surface area contributed by atoms with Gasteiger partial charge in [-0.15, -0.1) is 0 Å². The fourth-order valence-corrected chi connectivity index (χ4v) is 2.08. The number of pyridine rings is 1. The number of carbonyl (C=O) groups excluding carboxylic acids is 2. The Morgan fingerprint density at radius 3 is 2.65 bits per heavy atom. The quantitative estimate of drug-likeness (QED) is 0.756. The van der Waals surface area contributed by atoms with Gasteiger partial charge in [-0.05, 0) is 43.3 Å². The van der Waals surface area contributed by atoms with Crippen molar-refractivity contribution in [3.63, 3.8) is 0 Å². The van der Waals surface area contributed by atoms with Crippen molar-refractivity contribution in [2.75, 3.05) is 23.8 Å². The van der Waals surface area contributed by atoms with Gasteiger partial charge in [-0.1, -0.05) is 15.9 Å². The molecule has 0 aliphatic heterocycles. The van der Waals surface area contributed by atoms with E-state index in [1.165, 1.54) is 0 Å². The molecule has 1 heterocycles. The molecule has 23 heavy (non-hydrogen) atoms. The first kappa shape index (κ1) is 17.0. The minimum atomic E-state index is -0.386. The van der Waals surface area contributed by atoms with Gasteiger partial charge in [-0.3, -0.25) is 9.59 Å². The lowest BCUT2D eigenvalue weighted by Gasteiger charge is -2.11. The maximum atomic E-state index is 12.2. The number of carbonyl (C=O) groups is 2. The topological polar surface area (TPSA) is 80.3 Å². The average molecular weight is 378 g/mol. The van der Waals surface area contributed by atoms with E-state index in [-0.39, 0.29) is 18.4 Å². The number of esters is 1. The van der Waals surface area contributed by atoms with Crippen LogP contribution in [-0.2, 0) is 9.53 Å². The van der Waals surface area contributed by atoms with E-state index in [4.69, 9.17) is 4.74 Å². The normalized spacial score (nSPS) is 10.0. The third-order valence-electron chi connectivity index (χ3n) is 2.87. The summed E-state index contributed by atoms with van der Waals surface area (Å²) in [4.78, 5) is 27.8. The molecule has 0 bridgehead atoms. The summed E-state index contributed by atoms with van der Waals surface area (Å²) >= 11 is 3.32. The van der Waals surface area contributed by atoms with E-state index < -0.39 is 0 Å². The van der Waals surface area contributed by atoms with E-state index in [2.05, 4.69) is 31.5 Å². The second-order valence-corrected chi connectivity index (χ2v) is 5.43. The zero-order chi connectivity index (χ0) is 16.7. The van der Waals surface area contributed by atoms with Gasteiger partial charge in [0.05, 0.1) is 12.3 Å². The Kier molecular flexibility index (Phi) is 6.10. The van der Waals surface area contributed by atoms with Crippen LogP contribution in [0.5, 0.6) is 0 Å². The number of ether oxygens (including phenoxy) is 1. The smallest absolute Gasteiger partial charge is 0.325 e. The van der Waals surface area contributed by atoms with Crippen molar-refractivity contribution in [3.8, 4) is 0 Å². The van der Waals surface area contributed by atoms with Crippen molar-refractivity contribution in [2.24, 2.45) is 0 Å². The molecule has 2 rings (SSSR count). The predicted octanol–water partition coefficient (Wildman–Crippen LogP) is 3.07. The van der Waals surface area contributed by atoms with Crippen LogP contribution in [0.1, 0.15) is 17.3 Å². The highest BCUT2D eigenvalue weighted by Gasteiger charge is 2.11. The maximum Gasteiger partial charge on any atom is 0.325 e. The molecule has 0 saturated carbocycles. The molecule has 0 atom stereocenters. The van der Waals surface area contributed by atoms with E-state index in [0.717, 1.165) is 4.47 Å². The summed E-state index contributed by atoms with van der Waals surface area (Å²) in [6.45, 7) is 2.03. The largest absolute Gasteiger partial charge is 0.465 e. The highest BCUT2D eigenvalue weighted by molar-refractivity contribution is 9.10. The Labute approximate surface area is 142 Å². The molecule has 2 aromatic rings. The van der Waals surface area contributed by atoms with Crippen LogP contribution < -0.4 is 10.6 Å². The van der Waals surface area contributed by atoms with Crippen molar-refractivity contribution in [2.45, 2.75) is 6.92 Å². The summed E-state index contributed by atoms with van der Waals surface area (Å²) < 4.78 is 5.74. The first-order chi connectivity index (χ1) is 11.1. The molecule has 0 saturated heterocycles. The lowest BCUT2D eigenvalue weighted by Crippen LogP contribution is -2.19. The Morgan fingerprint density at radius 1 is 1.22 bits per heavy atom. The predicted molar refractivity (Wildman–Crippen MR) is 91.5 cm³/mol. The van der Waals surface area contributed by atoms with Gasteiger partial charge in [-0.2, -0.15) is 0 Å². The third kappa shape index (κ3) is 5.07. The number of hydrogen-bond donors (Lipinski definition) is 2. The first-order valence-corrected chi connectivity index (χ1v) is 7.81. The van der Waals surface area contributed by atoms with Crippen molar-refractivity contribution in [3.05, 3.63) is 52.6 Å². The number of hydrogen-bond acceptors (Lipinski definition) is 5. The van der Waals surface area contributed by atoms with Crippen molar-refractivity contribution in [1.29, 1.82) is 0 Å². The van der Waals surface area contributed by atoms with Gasteiger partial charge in [-0.25, -0.2) is 4.98 Å². The van der Waals surface area contributed by atoms with E-state index in [0.29, 0.717) is 23.7 Å². The van der Waals surface area contributed by atoms with Crippen molar-refractivity contribution in [1.82, 2.24) is 4.98 Å². The average Bonchev–Trinajstić information content (AvgIpc) is 2.55.